The lowest BCUT2D eigenvalue weighted by Crippen LogP contribution is -2.67. The molecular formula is C46H56Cl2N2O14. The van der Waals surface area contributed by atoms with E-state index in [1.165, 1.54) is 45.0 Å². The Labute approximate surface area is 380 Å². The summed E-state index contributed by atoms with van der Waals surface area (Å²) in [5.74, 6) is -9.01. The van der Waals surface area contributed by atoms with E-state index in [1.54, 1.807) is 12.2 Å². The van der Waals surface area contributed by atoms with E-state index in [0.717, 1.165) is 12.0 Å². The summed E-state index contributed by atoms with van der Waals surface area (Å²) in [5, 5.41) is 78.1. The number of carbonyl (C=O) groups is 6. The maximum atomic E-state index is 13.7. The molecule has 18 heteroatoms. The van der Waals surface area contributed by atoms with Crippen LogP contribution in [0.1, 0.15) is 77.8 Å². The molecule has 7 aliphatic carbocycles. The lowest BCUT2D eigenvalue weighted by molar-refractivity contribution is -0.182. The van der Waals surface area contributed by atoms with Gasteiger partial charge in [-0.25, -0.2) is 0 Å². The third-order valence-corrected chi connectivity index (χ3v) is 16.2. The average Bonchev–Trinajstić information content (AvgIpc) is 3.45. The van der Waals surface area contributed by atoms with E-state index >= 15 is 0 Å². The Morgan fingerprint density at radius 2 is 1.64 bits per heavy atom. The summed E-state index contributed by atoms with van der Waals surface area (Å²) in [4.78, 5) is 76.2. The number of ether oxygens (including phenoxy) is 1. The van der Waals surface area contributed by atoms with E-state index in [1.807, 2.05) is 13.0 Å². The molecule has 16 nitrogen and oxygen atoms in total. The molecule has 0 heterocycles. The highest BCUT2D eigenvalue weighted by Crippen LogP contribution is 2.68. The number of aromatic hydroxyl groups is 1. The first-order chi connectivity index (χ1) is 29.1. The third-order valence-electron chi connectivity index (χ3n) is 15.9. The molecule has 348 valence electrons. The summed E-state index contributed by atoms with van der Waals surface area (Å²) in [6.07, 6.45) is 6.45. The minimum absolute atomic E-state index is 0. The number of benzene rings is 1. The molecule has 0 unspecified atom stereocenters. The van der Waals surface area contributed by atoms with Crippen LogP contribution >= 0.6 is 24.0 Å². The number of primary amides is 1. The van der Waals surface area contributed by atoms with Gasteiger partial charge < -0.3 is 46.2 Å². The second-order valence-corrected chi connectivity index (χ2v) is 19.8. The maximum Gasteiger partial charge on any atom is 0.303 e. The largest absolute Gasteiger partial charge is 0.508 e. The number of likely N-dealkylation sites (N-methyl/N-ethyl adjacent to an activating group) is 1. The van der Waals surface area contributed by atoms with Gasteiger partial charge in [0.2, 0.25) is 11.6 Å². The molecule has 0 aromatic heterocycles. The fourth-order valence-corrected chi connectivity index (χ4v) is 13.4. The number of fused-ring (bicyclic) bond motifs is 8. The van der Waals surface area contributed by atoms with Crippen molar-refractivity contribution in [3.8, 4) is 5.75 Å². The number of hydrogen-bond donors (Lipinski definition) is 8. The summed E-state index contributed by atoms with van der Waals surface area (Å²) in [7, 11) is 2.97. The zero-order valence-corrected chi connectivity index (χ0v) is 38.1. The summed E-state index contributed by atoms with van der Waals surface area (Å²) in [6, 6.07) is 1.24. The minimum Gasteiger partial charge on any atom is -0.508 e. The van der Waals surface area contributed by atoms with E-state index in [4.69, 9.17) is 22.1 Å². The lowest BCUT2D eigenvalue weighted by atomic mass is 9.45. The van der Waals surface area contributed by atoms with Crippen LogP contribution in [0.4, 0.5) is 0 Å². The van der Waals surface area contributed by atoms with E-state index in [0.29, 0.717) is 19.3 Å². The minimum atomic E-state index is -2.78. The zero-order chi connectivity index (χ0) is 46.8. The summed E-state index contributed by atoms with van der Waals surface area (Å²) >= 11 is 6.28. The topological polar surface area (TPSA) is 283 Å². The first-order valence-electron chi connectivity index (χ1n) is 21.0. The number of aliphatic hydroxyl groups excluding tert-OH is 3. The van der Waals surface area contributed by atoms with Crippen molar-refractivity contribution in [2.24, 2.45) is 52.1 Å². The number of nitrogens with two attached hydrogens (primary N) is 1. The number of phenols is 1. The quantitative estimate of drug-likeness (QED) is 0.156. The number of esters is 1. The number of rotatable bonds is 5. The highest BCUT2D eigenvalue weighted by atomic mass is 35.5. The van der Waals surface area contributed by atoms with Gasteiger partial charge in [0.25, 0.3) is 5.91 Å². The van der Waals surface area contributed by atoms with Crippen LogP contribution in [-0.4, -0.2) is 120 Å². The molecule has 0 bridgehead atoms. The summed E-state index contributed by atoms with van der Waals surface area (Å²) < 4.78 is 4.89. The predicted molar refractivity (Wildman–Crippen MR) is 232 cm³/mol. The zero-order valence-electron chi connectivity index (χ0n) is 36.5. The number of nitrogens with zero attached hydrogens (tertiary/aromatic N) is 1. The molecule has 0 radical (unpaired) electrons. The van der Waals surface area contributed by atoms with Crippen molar-refractivity contribution in [1.82, 2.24) is 4.90 Å². The van der Waals surface area contributed by atoms with Gasteiger partial charge in [-0.2, -0.15) is 0 Å². The molecule has 4 fully saturated rings. The molecule has 4 saturated carbocycles. The van der Waals surface area contributed by atoms with E-state index < -0.39 is 116 Å². The van der Waals surface area contributed by atoms with Crippen LogP contribution in [0.2, 0.25) is 5.02 Å². The van der Waals surface area contributed by atoms with Gasteiger partial charge in [-0.1, -0.05) is 44.0 Å². The summed E-state index contributed by atoms with van der Waals surface area (Å²) in [6.45, 7) is 8.28. The van der Waals surface area contributed by atoms with Gasteiger partial charge in [0.1, 0.15) is 28.4 Å². The number of carbonyl (C=O) groups excluding carboxylic acids is 6. The van der Waals surface area contributed by atoms with Gasteiger partial charge in [0, 0.05) is 51.7 Å². The fourth-order valence-electron chi connectivity index (χ4n) is 13.1. The molecule has 0 aliphatic heterocycles. The van der Waals surface area contributed by atoms with Crippen molar-refractivity contribution < 1.29 is 69.2 Å². The molecule has 13 atom stereocenters. The number of phenolic OH excluding ortho intramolecular Hbond substituents is 1. The van der Waals surface area contributed by atoms with Gasteiger partial charge >= 0.3 is 5.97 Å². The number of ketones is 4. The van der Waals surface area contributed by atoms with Crippen molar-refractivity contribution in [1.29, 1.82) is 0 Å². The van der Waals surface area contributed by atoms with Crippen LogP contribution in [-0.2, 0) is 39.1 Å². The first-order valence-corrected chi connectivity index (χ1v) is 21.4. The van der Waals surface area contributed by atoms with Gasteiger partial charge in [-0.3, -0.25) is 33.7 Å². The smallest absolute Gasteiger partial charge is 0.303 e. The normalized spacial score (nSPS) is 39.5. The Balaban J connectivity index is 0.000000210. The van der Waals surface area contributed by atoms with Crippen molar-refractivity contribution in [2.75, 3.05) is 20.7 Å². The molecular weight excluding hydrogens is 875 g/mol. The highest BCUT2D eigenvalue weighted by Gasteiger charge is 2.69. The van der Waals surface area contributed by atoms with Gasteiger partial charge in [0.15, 0.2) is 23.8 Å². The van der Waals surface area contributed by atoms with Crippen LogP contribution in [0.3, 0.4) is 0 Å². The molecule has 64 heavy (non-hydrogen) atoms. The lowest BCUT2D eigenvalue weighted by Gasteiger charge is -2.60. The molecule has 9 N–H and O–H groups in total. The van der Waals surface area contributed by atoms with Crippen LogP contribution in [0.15, 0.2) is 52.8 Å². The summed E-state index contributed by atoms with van der Waals surface area (Å²) in [5.41, 5.74) is -2.82. The molecule has 0 spiro atoms. The fraction of sp³-hybridized carbons (Fsp3) is 0.565. The van der Waals surface area contributed by atoms with E-state index in [2.05, 4.69) is 13.8 Å². The van der Waals surface area contributed by atoms with Crippen molar-refractivity contribution in [3.63, 3.8) is 0 Å². The Morgan fingerprint density at radius 1 is 1.00 bits per heavy atom. The van der Waals surface area contributed by atoms with E-state index in [-0.39, 0.29) is 64.4 Å². The monoisotopic (exact) mass is 930 g/mol. The number of amides is 1. The van der Waals surface area contributed by atoms with Crippen molar-refractivity contribution in [2.45, 2.75) is 95.7 Å². The first kappa shape index (κ1) is 49.0. The maximum absolute atomic E-state index is 13.7. The van der Waals surface area contributed by atoms with Crippen molar-refractivity contribution in [3.05, 3.63) is 69.0 Å². The standard InChI is InChI=1S/C24H32O6.C22H23ClN2O8.ClH/c1-13-9-16-17-6-8-24(29,20(28)12-30-14(2)25)23(17,4)11-19(27)21(16)22(3)7-5-15(26)10-18(13)22;1-21(32)7-6-8-15(25(2)3)17(28)13(20(24)31)19(30)22(8,33)18(29)11(7)16(27)12-10(26)5-4-9(23)14(12)21;/h5,7,10,13,16-17,19,21,27,29H,6,8-9,11-12H2,1-4H3;4-5,7-8,15,26-27,30,32-33H,6H2,1-3H3,(H2,24,31);1H/t13-,16-,17-,19-,21+,22-,23-,24-;7-,8-,15-,21-,22-;/m00./s1. The second-order valence-electron chi connectivity index (χ2n) is 19.4. The van der Waals surface area contributed by atoms with Gasteiger partial charge in [-0.05, 0) is 95.2 Å². The van der Waals surface area contributed by atoms with Crippen LogP contribution in [0, 0.1) is 46.3 Å². The number of hydrogen-bond acceptors (Lipinski definition) is 15. The number of Topliss-reactive ketones (excluding diaryl/α,β-unsaturated/α-hetero) is 3. The highest BCUT2D eigenvalue weighted by molar-refractivity contribution is 6.32. The third kappa shape index (κ3) is 6.72. The van der Waals surface area contributed by atoms with E-state index in [9.17, 15) is 64.5 Å². The molecule has 7 aliphatic rings. The van der Waals surface area contributed by atoms with Gasteiger partial charge in [-0.15, -0.1) is 12.4 Å². The van der Waals surface area contributed by atoms with Gasteiger partial charge in [0.05, 0.1) is 23.3 Å². The number of halogens is 2. The molecule has 0 saturated heterocycles. The van der Waals surface area contributed by atoms with Crippen molar-refractivity contribution >= 4 is 64.8 Å². The number of allylic oxidation sites excluding steroid dienone is 4. The molecule has 1 amide bonds. The SMILES string of the molecule is CC(=O)OCC(=O)[C@@]1(O)CC[C@H]2[C@@H]3C[C@H](C)C4=CC(=O)C=C[C@]4(C)[C@H]3[C@@H](O)C[C@@]21C.CN(C)[C@@H]1C(=O)C(C(N)=O)=C(O)[C@@]2(O)C(=O)C3=C(O)c4c(O)ccc(Cl)c4[C@@](C)(O)[C@H]3C[C@@H]12.Cl. The second kappa shape index (κ2) is 16.2. The average molecular weight is 932 g/mol. The van der Waals surface area contributed by atoms with Crippen LogP contribution in [0.5, 0.6) is 5.75 Å². The Hall–Kier alpha value is -4.42. The Kier molecular flexibility index (Phi) is 12.4. The van der Waals surface area contributed by atoms with Crippen LogP contribution < -0.4 is 5.73 Å². The molecule has 8 rings (SSSR count). The Morgan fingerprint density at radius 3 is 2.23 bits per heavy atom. The Bertz CT molecular complexity index is 2390. The predicted octanol–water partition coefficient (Wildman–Crippen LogP) is 3.08. The molecule has 1 aromatic rings. The van der Waals surface area contributed by atoms with Crippen LogP contribution in [0.25, 0.3) is 5.76 Å². The molecule has 1 aromatic carbocycles. The number of aliphatic hydroxyl groups is 6.